The quantitative estimate of drug-likeness (QED) is 0.505. The summed E-state index contributed by atoms with van der Waals surface area (Å²) in [6, 6.07) is 4.08. The van der Waals surface area contributed by atoms with Crippen LogP contribution >= 0.6 is 38.6 Å². The molecule has 0 aliphatic carbocycles. The fourth-order valence-electron chi connectivity index (χ4n) is 2.76. The molecule has 0 aromatic carbocycles. The van der Waals surface area contributed by atoms with Gasteiger partial charge in [0.15, 0.2) is 5.82 Å². The third-order valence-electron chi connectivity index (χ3n) is 3.86. The number of hydrogen-bond donors (Lipinski definition) is 0. The molecule has 6 nitrogen and oxygen atoms in total. The first-order chi connectivity index (χ1) is 11.5. The second kappa shape index (κ2) is 6.07. The van der Waals surface area contributed by atoms with Crippen molar-refractivity contribution in [1.29, 1.82) is 0 Å². The molecule has 0 bridgehead atoms. The van der Waals surface area contributed by atoms with E-state index in [0.717, 1.165) is 27.1 Å². The summed E-state index contributed by atoms with van der Waals surface area (Å²) in [6.45, 7) is 1.49. The van der Waals surface area contributed by atoms with E-state index in [1.54, 1.807) is 23.0 Å². The maximum Gasteiger partial charge on any atom is 0.272 e. The first-order valence-corrected chi connectivity index (χ1v) is 9.81. The van der Waals surface area contributed by atoms with Crippen molar-refractivity contribution in [2.45, 2.75) is 13.1 Å². The highest BCUT2D eigenvalue weighted by Crippen LogP contribution is 2.22. The number of aromatic nitrogens is 4. The van der Waals surface area contributed by atoms with Gasteiger partial charge in [-0.1, -0.05) is 0 Å². The summed E-state index contributed by atoms with van der Waals surface area (Å²) in [5.74, 6) is 1.41. The number of hydrogen-bond acceptors (Lipinski definition) is 6. The van der Waals surface area contributed by atoms with Crippen molar-refractivity contribution in [2.75, 3.05) is 7.05 Å². The van der Waals surface area contributed by atoms with Gasteiger partial charge in [0.25, 0.3) is 5.56 Å². The monoisotopic (exact) mass is 423 g/mol. The Balaban J connectivity index is 1.73. The average Bonchev–Trinajstić information content (AvgIpc) is 3.24. The normalized spacial score (nSPS) is 12.0. The summed E-state index contributed by atoms with van der Waals surface area (Å²) >= 11 is 6.67. The van der Waals surface area contributed by atoms with Crippen molar-refractivity contribution in [1.82, 2.24) is 24.1 Å². The molecule has 0 saturated heterocycles. The van der Waals surface area contributed by atoms with Crippen LogP contribution in [-0.4, -0.2) is 31.1 Å². The summed E-state index contributed by atoms with van der Waals surface area (Å²) in [4.78, 5) is 15.8. The van der Waals surface area contributed by atoms with Crippen LogP contribution in [0, 0.1) is 0 Å². The molecule has 0 amide bonds. The molecule has 0 atom stereocenters. The Bertz CT molecular complexity index is 1090. The van der Waals surface area contributed by atoms with E-state index in [0.29, 0.717) is 12.3 Å². The molecule has 0 saturated carbocycles. The van der Waals surface area contributed by atoms with Crippen molar-refractivity contribution in [3.8, 4) is 0 Å². The van der Waals surface area contributed by atoms with Gasteiger partial charge in [0.1, 0.15) is 4.70 Å². The summed E-state index contributed by atoms with van der Waals surface area (Å²) in [6.07, 6.45) is 0. The first kappa shape index (κ1) is 15.9. The molecule has 0 radical (unpaired) electrons. The van der Waals surface area contributed by atoms with Crippen molar-refractivity contribution in [3.05, 3.63) is 48.4 Å². The average molecular weight is 424 g/mol. The smallest absolute Gasteiger partial charge is 0.272 e. The van der Waals surface area contributed by atoms with E-state index >= 15 is 0 Å². The van der Waals surface area contributed by atoms with Crippen LogP contribution in [0.1, 0.15) is 10.7 Å². The summed E-state index contributed by atoms with van der Waals surface area (Å²) in [5.41, 5.74) is 0.855. The Morgan fingerprint density at radius 3 is 2.88 bits per heavy atom. The van der Waals surface area contributed by atoms with Crippen LogP contribution < -0.4 is 5.56 Å². The van der Waals surface area contributed by atoms with Crippen LogP contribution in [0.2, 0.25) is 0 Å². The van der Waals surface area contributed by atoms with Crippen molar-refractivity contribution in [3.63, 3.8) is 0 Å². The molecule has 0 spiro atoms. The van der Waals surface area contributed by atoms with Gasteiger partial charge in [0, 0.05) is 28.3 Å². The number of thiophene rings is 2. The molecule has 0 N–H and O–H groups in total. The van der Waals surface area contributed by atoms with Crippen molar-refractivity contribution in [2.24, 2.45) is 7.05 Å². The molecular weight excluding hydrogens is 410 g/mol. The standard InChI is InChI=1S/C15H14BrN5OS2/c1-19(6-10-5-9(16)8-24-10)7-12-17-18-15-20(2)14(22)13-11(21(12)15)3-4-23-13/h3-5,8H,6-7H2,1-2H3. The maximum absolute atomic E-state index is 12.4. The minimum atomic E-state index is -0.0248. The highest BCUT2D eigenvalue weighted by atomic mass is 79.9. The van der Waals surface area contributed by atoms with Gasteiger partial charge in [-0.25, -0.2) is 0 Å². The van der Waals surface area contributed by atoms with Gasteiger partial charge in [-0.3, -0.25) is 18.7 Å². The van der Waals surface area contributed by atoms with E-state index < -0.39 is 0 Å². The fourth-order valence-corrected chi connectivity index (χ4v) is 5.14. The highest BCUT2D eigenvalue weighted by Gasteiger charge is 2.16. The largest absolute Gasteiger partial charge is 0.294 e. The molecule has 0 aliphatic heterocycles. The third kappa shape index (κ3) is 2.61. The van der Waals surface area contributed by atoms with Crippen LogP contribution in [0.4, 0.5) is 0 Å². The topological polar surface area (TPSA) is 55.4 Å². The minimum Gasteiger partial charge on any atom is -0.294 e. The Hall–Kier alpha value is -1.55. The van der Waals surface area contributed by atoms with Crippen molar-refractivity contribution < 1.29 is 0 Å². The van der Waals surface area contributed by atoms with Crippen LogP contribution in [0.5, 0.6) is 0 Å². The van der Waals surface area contributed by atoms with Gasteiger partial charge in [-0.15, -0.1) is 32.9 Å². The van der Waals surface area contributed by atoms with Gasteiger partial charge in [0.2, 0.25) is 5.78 Å². The highest BCUT2D eigenvalue weighted by molar-refractivity contribution is 9.10. The number of halogens is 1. The molecule has 4 rings (SSSR count). The molecule has 4 aromatic rings. The van der Waals surface area contributed by atoms with E-state index in [4.69, 9.17) is 0 Å². The lowest BCUT2D eigenvalue weighted by Gasteiger charge is -2.14. The van der Waals surface area contributed by atoms with E-state index in [9.17, 15) is 4.79 Å². The van der Waals surface area contributed by atoms with Crippen molar-refractivity contribution >= 4 is 54.6 Å². The Morgan fingerprint density at radius 1 is 1.29 bits per heavy atom. The molecule has 0 unspecified atom stereocenters. The first-order valence-electron chi connectivity index (χ1n) is 7.26. The Kier molecular flexibility index (Phi) is 4.03. The zero-order chi connectivity index (χ0) is 16.8. The molecule has 0 aliphatic rings. The van der Waals surface area contributed by atoms with Gasteiger partial charge in [-0.05, 0) is 40.5 Å². The summed E-state index contributed by atoms with van der Waals surface area (Å²) in [7, 11) is 3.80. The van der Waals surface area contributed by atoms with Crippen LogP contribution in [0.15, 0.2) is 32.2 Å². The lowest BCUT2D eigenvalue weighted by atomic mass is 10.4. The second-order valence-electron chi connectivity index (χ2n) is 5.65. The van der Waals surface area contributed by atoms with Gasteiger partial charge in [0.05, 0.1) is 12.1 Å². The number of aryl methyl sites for hydroxylation is 1. The predicted octanol–water partition coefficient (Wildman–Crippen LogP) is 3.10. The number of rotatable bonds is 4. The molecule has 124 valence electrons. The second-order valence-corrected chi connectivity index (χ2v) is 8.48. The molecule has 4 aromatic heterocycles. The predicted molar refractivity (Wildman–Crippen MR) is 101 cm³/mol. The zero-order valence-electron chi connectivity index (χ0n) is 13.1. The SMILES string of the molecule is CN(Cc1cc(Br)cs1)Cc1nnc2n(C)c(=O)c3sccc3n12. The Morgan fingerprint density at radius 2 is 2.12 bits per heavy atom. The van der Waals surface area contributed by atoms with Crippen LogP contribution in [-0.2, 0) is 20.1 Å². The van der Waals surface area contributed by atoms with Crippen LogP contribution in [0.3, 0.4) is 0 Å². The molecule has 24 heavy (non-hydrogen) atoms. The number of nitrogens with zero attached hydrogens (tertiary/aromatic N) is 5. The van der Waals surface area contributed by atoms with Gasteiger partial charge >= 0.3 is 0 Å². The van der Waals surface area contributed by atoms with Crippen LogP contribution in [0.25, 0.3) is 16.0 Å². The van der Waals surface area contributed by atoms with E-state index in [1.165, 1.54) is 16.2 Å². The lowest BCUT2D eigenvalue weighted by molar-refractivity contribution is 0.312. The van der Waals surface area contributed by atoms with Gasteiger partial charge in [-0.2, -0.15) is 0 Å². The third-order valence-corrected chi connectivity index (χ3v) is 6.43. The Labute approximate surface area is 154 Å². The van der Waals surface area contributed by atoms with E-state index in [-0.39, 0.29) is 5.56 Å². The minimum absolute atomic E-state index is 0.0248. The zero-order valence-corrected chi connectivity index (χ0v) is 16.3. The molecule has 0 fully saturated rings. The van der Waals surface area contributed by atoms with Gasteiger partial charge < -0.3 is 0 Å². The molecule has 4 heterocycles. The van der Waals surface area contributed by atoms with E-state index in [1.807, 2.05) is 15.8 Å². The fraction of sp³-hybridized carbons (Fsp3) is 0.267. The number of fused-ring (bicyclic) bond motifs is 3. The summed E-state index contributed by atoms with van der Waals surface area (Å²) < 4.78 is 5.38. The molecule has 9 heteroatoms. The maximum atomic E-state index is 12.4. The van der Waals surface area contributed by atoms with E-state index in [2.05, 4.69) is 49.5 Å². The lowest BCUT2D eigenvalue weighted by Crippen LogP contribution is -2.21. The molecular formula is C15H14BrN5OS2. The summed E-state index contributed by atoms with van der Waals surface area (Å²) in [5, 5.41) is 12.6.